The highest BCUT2D eigenvalue weighted by Gasteiger charge is 2.21. The number of carbonyl (C=O) groups is 1. The number of likely N-dealkylation sites (N-methyl/N-ethyl adjacent to an activating group) is 1. The van der Waals surface area contributed by atoms with E-state index in [1.165, 1.54) is 0 Å². The molecule has 0 aromatic rings. The predicted molar refractivity (Wildman–Crippen MR) is 67.9 cm³/mol. The van der Waals surface area contributed by atoms with Gasteiger partial charge >= 0.3 is 0 Å². The quantitative estimate of drug-likeness (QED) is 0.661. The van der Waals surface area contributed by atoms with E-state index < -0.39 is 0 Å². The van der Waals surface area contributed by atoms with Crippen LogP contribution in [0.15, 0.2) is 0 Å². The number of nitrogens with one attached hydrogen (secondary N) is 1. The van der Waals surface area contributed by atoms with E-state index in [1.54, 1.807) is 0 Å². The van der Waals surface area contributed by atoms with Crippen LogP contribution in [0.2, 0.25) is 0 Å². The minimum atomic E-state index is -0.321. The van der Waals surface area contributed by atoms with Gasteiger partial charge in [0.05, 0.1) is 6.10 Å². The molecule has 17 heavy (non-hydrogen) atoms. The van der Waals surface area contributed by atoms with Gasteiger partial charge in [-0.05, 0) is 13.5 Å². The Kier molecular flexibility index (Phi) is 6.47. The van der Waals surface area contributed by atoms with Crippen molar-refractivity contribution in [2.75, 3.05) is 46.3 Å². The minimum absolute atomic E-state index is 0.267. The second-order valence-electron chi connectivity index (χ2n) is 4.64. The van der Waals surface area contributed by atoms with Gasteiger partial charge in [0.1, 0.15) is 0 Å². The summed E-state index contributed by atoms with van der Waals surface area (Å²) in [5.74, 6) is 0.267. The molecule has 0 aromatic heterocycles. The van der Waals surface area contributed by atoms with Crippen LogP contribution in [-0.2, 0) is 4.79 Å². The summed E-state index contributed by atoms with van der Waals surface area (Å²) < 4.78 is 0. The third kappa shape index (κ3) is 5.02. The molecule has 1 aliphatic rings. The number of aliphatic hydroxyl groups excluding tert-OH is 1. The van der Waals surface area contributed by atoms with Crippen molar-refractivity contribution in [3.8, 4) is 0 Å². The molecule has 5 heteroatoms. The Hall–Kier alpha value is -0.650. The molecule has 1 saturated heterocycles. The maximum atomic E-state index is 11.7. The number of hydrogen-bond donors (Lipinski definition) is 2. The van der Waals surface area contributed by atoms with Gasteiger partial charge in [-0.3, -0.25) is 9.69 Å². The first-order valence-electron chi connectivity index (χ1n) is 6.50. The van der Waals surface area contributed by atoms with Crippen molar-refractivity contribution in [3.05, 3.63) is 0 Å². The van der Waals surface area contributed by atoms with Gasteiger partial charge in [0.2, 0.25) is 5.91 Å². The normalized spacial score (nSPS) is 19.4. The summed E-state index contributed by atoms with van der Waals surface area (Å²) in [6.07, 6.45) is 1.25. The molecule has 1 amide bonds. The van der Waals surface area contributed by atoms with Gasteiger partial charge in [-0.2, -0.15) is 0 Å². The lowest BCUT2D eigenvalue weighted by atomic mass is 10.2. The van der Waals surface area contributed by atoms with Gasteiger partial charge < -0.3 is 15.3 Å². The zero-order chi connectivity index (χ0) is 12.7. The van der Waals surface area contributed by atoms with E-state index in [2.05, 4.69) is 10.2 Å². The molecule has 100 valence electrons. The molecule has 1 heterocycles. The van der Waals surface area contributed by atoms with Crippen molar-refractivity contribution < 1.29 is 9.90 Å². The number of amides is 1. The molecule has 1 aliphatic heterocycles. The van der Waals surface area contributed by atoms with E-state index in [1.807, 2.05) is 18.9 Å². The fourth-order valence-corrected chi connectivity index (χ4v) is 2.15. The third-order valence-electron chi connectivity index (χ3n) is 3.10. The van der Waals surface area contributed by atoms with Crippen LogP contribution < -0.4 is 5.32 Å². The molecule has 1 atom stereocenters. The highest BCUT2D eigenvalue weighted by atomic mass is 16.3. The van der Waals surface area contributed by atoms with Crippen LogP contribution in [0.1, 0.15) is 19.8 Å². The molecule has 1 unspecified atom stereocenters. The lowest BCUT2D eigenvalue weighted by Crippen LogP contribution is -2.51. The molecule has 5 nitrogen and oxygen atoms in total. The average molecular weight is 243 g/mol. The largest absolute Gasteiger partial charge is 0.390 e. The summed E-state index contributed by atoms with van der Waals surface area (Å²) in [7, 11) is 1.84. The molecule has 0 radical (unpaired) electrons. The first kappa shape index (κ1) is 14.4. The molecule has 1 fully saturated rings. The molecule has 0 bridgehead atoms. The zero-order valence-electron chi connectivity index (χ0n) is 11.0. The van der Waals surface area contributed by atoms with Gasteiger partial charge in [0, 0.05) is 45.7 Å². The van der Waals surface area contributed by atoms with E-state index >= 15 is 0 Å². The second-order valence-corrected chi connectivity index (χ2v) is 4.64. The van der Waals surface area contributed by atoms with Crippen molar-refractivity contribution in [3.63, 3.8) is 0 Å². The van der Waals surface area contributed by atoms with Crippen LogP contribution in [0.5, 0.6) is 0 Å². The summed E-state index contributed by atoms with van der Waals surface area (Å²) >= 11 is 0. The maximum absolute atomic E-state index is 11.7. The van der Waals surface area contributed by atoms with E-state index in [0.29, 0.717) is 19.5 Å². The van der Waals surface area contributed by atoms with Gasteiger partial charge in [-0.1, -0.05) is 6.92 Å². The van der Waals surface area contributed by atoms with Crippen LogP contribution >= 0.6 is 0 Å². The van der Waals surface area contributed by atoms with Crippen molar-refractivity contribution in [2.45, 2.75) is 25.9 Å². The fourth-order valence-electron chi connectivity index (χ4n) is 2.15. The van der Waals surface area contributed by atoms with Crippen LogP contribution in [0.3, 0.4) is 0 Å². The summed E-state index contributed by atoms with van der Waals surface area (Å²) in [6.45, 7) is 6.68. The van der Waals surface area contributed by atoms with Crippen LogP contribution in [0.25, 0.3) is 0 Å². The fraction of sp³-hybridized carbons (Fsp3) is 0.917. The van der Waals surface area contributed by atoms with Gasteiger partial charge in [0.25, 0.3) is 0 Å². The van der Waals surface area contributed by atoms with E-state index in [9.17, 15) is 9.90 Å². The Balaban J connectivity index is 2.23. The standard InChI is InChI=1S/C12H25N3O2/c1-3-4-12(17)15-7-5-14(6-8-15)10-11(16)9-13-2/h11,13,16H,3-10H2,1-2H3. The predicted octanol–water partition coefficient (Wildman–Crippen LogP) is -0.489. The lowest BCUT2D eigenvalue weighted by molar-refractivity contribution is -0.133. The van der Waals surface area contributed by atoms with E-state index in [-0.39, 0.29) is 12.0 Å². The van der Waals surface area contributed by atoms with Crippen LogP contribution in [0.4, 0.5) is 0 Å². The van der Waals surface area contributed by atoms with Crippen molar-refractivity contribution in [1.82, 2.24) is 15.1 Å². The van der Waals surface area contributed by atoms with Gasteiger partial charge in [-0.25, -0.2) is 0 Å². The summed E-state index contributed by atoms with van der Waals surface area (Å²) in [5, 5.41) is 12.6. The number of carbonyl (C=O) groups excluding carboxylic acids is 1. The van der Waals surface area contributed by atoms with Crippen LogP contribution in [-0.4, -0.2) is 73.2 Å². The number of rotatable bonds is 6. The molecule has 0 spiro atoms. The van der Waals surface area contributed by atoms with Crippen molar-refractivity contribution in [1.29, 1.82) is 0 Å². The van der Waals surface area contributed by atoms with E-state index in [0.717, 1.165) is 32.6 Å². The van der Waals surface area contributed by atoms with Crippen LogP contribution in [0, 0.1) is 0 Å². The summed E-state index contributed by atoms with van der Waals surface area (Å²) in [6, 6.07) is 0. The molecular weight excluding hydrogens is 218 g/mol. The molecule has 0 aromatic carbocycles. The van der Waals surface area contributed by atoms with Crippen molar-refractivity contribution in [2.24, 2.45) is 0 Å². The Morgan fingerprint density at radius 3 is 2.53 bits per heavy atom. The number of aliphatic hydroxyl groups is 1. The highest BCUT2D eigenvalue weighted by Crippen LogP contribution is 2.05. The molecular formula is C12H25N3O2. The first-order chi connectivity index (χ1) is 8.17. The number of piperazine rings is 1. The Morgan fingerprint density at radius 2 is 2.00 bits per heavy atom. The minimum Gasteiger partial charge on any atom is -0.390 e. The third-order valence-corrected chi connectivity index (χ3v) is 3.10. The number of hydrogen-bond acceptors (Lipinski definition) is 4. The molecule has 2 N–H and O–H groups in total. The number of nitrogens with zero attached hydrogens (tertiary/aromatic N) is 2. The SMILES string of the molecule is CCCC(=O)N1CCN(CC(O)CNC)CC1. The molecule has 1 rings (SSSR count). The topological polar surface area (TPSA) is 55.8 Å². The Bertz CT molecular complexity index is 228. The Labute approximate surface area is 104 Å². The zero-order valence-corrected chi connectivity index (χ0v) is 11.0. The molecule has 0 aliphatic carbocycles. The number of β-amino-alcohol motifs (C(OH)–C–C–N with tert-alkyl or cyclic N) is 1. The van der Waals surface area contributed by atoms with Gasteiger partial charge in [-0.15, -0.1) is 0 Å². The monoisotopic (exact) mass is 243 g/mol. The summed E-state index contributed by atoms with van der Waals surface area (Å²) in [5.41, 5.74) is 0. The second kappa shape index (κ2) is 7.63. The molecule has 0 saturated carbocycles. The van der Waals surface area contributed by atoms with E-state index in [4.69, 9.17) is 0 Å². The maximum Gasteiger partial charge on any atom is 0.222 e. The Morgan fingerprint density at radius 1 is 1.35 bits per heavy atom. The lowest BCUT2D eigenvalue weighted by Gasteiger charge is -2.35. The smallest absolute Gasteiger partial charge is 0.222 e. The summed E-state index contributed by atoms with van der Waals surface area (Å²) in [4.78, 5) is 15.8. The van der Waals surface area contributed by atoms with Gasteiger partial charge in [0.15, 0.2) is 0 Å². The average Bonchev–Trinajstić information content (AvgIpc) is 2.30. The highest BCUT2D eigenvalue weighted by molar-refractivity contribution is 5.76. The van der Waals surface area contributed by atoms with Crippen molar-refractivity contribution >= 4 is 5.91 Å². The first-order valence-corrected chi connectivity index (χ1v) is 6.50.